The van der Waals surface area contributed by atoms with Gasteiger partial charge in [0.2, 0.25) is 11.8 Å². The number of benzene rings is 4. The summed E-state index contributed by atoms with van der Waals surface area (Å²) in [6.45, 7) is 12.0. The SMILES string of the molecule is C=C(C)COc1ccc2c(c1)CCC(=O)N2.C=C(C)Cc1cc2c(cc1O)CCC(=O)N2.c1ccc(Oc2ccccc2)cc1. The molecular formula is C38H40N2O5. The molecule has 2 heterocycles. The van der Waals surface area contributed by atoms with Gasteiger partial charge >= 0.3 is 0 Å². The van der Waals surface area contributed by atoms with E-state index in [9.17, 15) is 14.7 Å². The molecule has 0 saturated heterocycles. The second-order valence-electron chi connectivity index (χ2n) is 11.2. The number of hydrogen-bond acceptors (Lipinski definition) is 5. The highest BCUT2D eigenvalue weighted by Crippen LogP contribution is 2.31. The first-order chi connectivity index (χ1) is 21.7. The summed E-state index contributed by atoms with van der Waals surface area (Å²) in [6, 6.07) is 28.8. The van der Waals surface area contributed by atoms with E-state index in [4.69, 9.17) is 9.47 Å². The Kier molecular flexibility index (Phi) is 11.6. The molecule has 4 aromatic rings. The molecule has 3 N–H and O–H groups in total. The van der Waals surface area contributed by atoms with Gasteiger partial charge in [0.15, 0.2) is 0 Å². The van der Waals surface area contributed by atoms with Crippen LogP contribution in [-0.2, 0) is 28.9 Å². The van der Waals surface area contributed by atoms with E-state index < -0.39 is 0 Å². The molecule has 4 aromatic carbocycles. The van der Waals surface area contributed by atoms with Gasteiger partial charge in [0.1, 0.15) is 29.6 Å². The lowest BCUT2D eigenvalue weighted by Crippen LogP contribution is -2.19. The minimum atomic E-state index is 0.0412. The number of aryl methyl sites for hydroxylation is 2. The van der Waals surface area contributed by atoms with Crippen LogP contribution in [0.15, 0.2) is 115 Å². The van der Waals surface area contributed by atoms with Crippen molar-refractivity contribution >= 4 is 23.2 Å². The molecule has 2 aliphatic heterocycles. The molecule has 0 saturated carbocycles. The Hall–Kier alpha value is -5.30. The minimum absolute atomic E-state index is 0.0412. The number of amides is 2. The summed E-state index contributed by atoms with van der Waals surface area (Å²) in [5.74, 6) is 2.99. The maximum absolute atomic E-state index is 11.3. The first-order valence-corrected chi connectivity index (χ1v) is 14.9. The van der Waals surface area contributed by atoms with Crippen LogP contribution in [0.5, 0.6) is 23.0 Å². The fourth-order valence-corrected chi connectivity index (χ4v) is 4.70. The predicted octanol–water partition coefficient (Wildman–Crippen LogP) is 8.40. The van der Waals surface area contributed by atoms with E-state index in [1.807, 2.05) is 98.8 Å². The van der Waals surface area contributed by atoms with E-state index in [1.54, 1.807) is 6.07 Å². The average molecular weight is 605 g/mol. The summed E-state index contributed by atoms with van der Waals surface area (Å²) in [6.07, 6.45) is 3.16. The Morgan fingerprint density at radius 2 is 1.24 bits per heavy atom. The molecule has 2 aliphatic rings. The third-order valence-corrected chi connectivity index (χ3v) is 6.87. The van der Waals surface area contributed by atoms with Crippen molar-refractivity contribution in [2.24, 2.45) is 0 Å². The van der Waals surface area contributed by atoms with Gasteiger partial charge in [-0.05, 0) is 110 Å². The topological polar surface area (TPSA) is 96.9 Å². The van der Waals surface area contributed by atoms with E-state index in [0.717, 1.165) is 62.9 Å². The summed E-state index contributed by atoms with van der Waals surface area (Å²) in [5, 5.41) is 15.5. The molecule has 232 valence electrons. The van der Waals surface area contributed by atoms with Crippen LogP contribution < -0.4 is 20.1 Å². The molecule has 45 heavy (non-hydrogen) atoms. The number of carbonyl (C=O) groups is 2. The van der Waals surface area contributed by atoms with E-state index in [2.05, 4.69) is 23.8 Å². The number of para-hydroxylation sites is 2. The quantitative estimate of drug-likeness (QED) is 0.145. The highest BCUT2D eigenvalue weighted by Gasteiger charge is 2.17. The molecule has 7 nitrogen and oxygen atoms in total. The molecule has 0 atom stereocenters. The van der Waals surface area contributed by atoms with Crippen LogP contribution in [0, 0.1) is 0 Å². The van der Waals surface area contributed by atoms with E-state index >= 15 is 0 Å². The fourth-order valence-electron chi connectivity index (χ4n) is 4.70. The first kappa shape index (κ1) is 32.6. The number of hydrogen-bond donors (Lipinski definition) is 3. The summed E-state index contributed by atoms with van der Waals surface area (Å²) < 4.78 is 11.1. The Labute approximate surface area is 265 Å². The van der Waals surface area contributed by atoms with Crippen molar-refractivity contribution in [1.82, 2.24) is 0 Å². The number of aromatic hydroxyl groups is 1. The third kappa shape index (κ3) is 10.4. The fraction of sp³-hybridized carbons (Fsp3) is 0.211. The molecule has 0 radical (unpaired) electrons. The first-order valence-electron chi connectivity index (χ1n) is 14.9. The number of ether oxygens (including phenoxy) is 2. The number of nitrogens with one attached hydrogen (secondary N) is 2. The highest BCUT2D eigenvalue weighted by molar-refractivity contribution is 5.94. The van der Waals surface area contributed by atoms with Crippen molar-refractivity contribution in [3.8, 4) is 23.0 Å². The number of rotatable bonds is 7. The van der Waals surface area contributed by atoms with Crippen LogP contribution in [0.2, 0.25) is 0 Å². The van der Waals surface area contributed by atoms with Crippen molar-refractivity contribution < 1.29 is 24.2 Å². The molecule has 0 aromatic heterocycles. The van der Waals surface area contributed by atoms with Gasteiger partial charge < -0.3 is 25.2 Å². The molecule has 7 heteroatoms. The van der Waals surface area contributed by atoms with Gasteiger partial charge in [-0.2, -0.15) is 0 Å². The molecule has 0 spiro atoms. The summed E-state index contributed by atoms with van der Waals surface area (Å²) in [5.41, 5.74) is 6.66. The zero-order valence-corrected chi connectivity index (χ0v) is 25.9. The number of allylic oxidation sites excluding steroid dienone is 1. The van der Waals surface area contributed by atoms with Crippen molar-refractivity contribution in [2.45, 2.75) is 46.0 Å². The predicted molar refractivity (Wildman–Crippen MR) is 180 cm³/mol. The number of carbonyl (C=O) groups excluding carboxylic acids is 2. The van der Waals surface area contributed by atoms with Gasteiger partial charge in [0.05, 0.1) is 0 Å². The van der Waals surface area contributed by atoms with Gasteiger partial charge in [-0.1, -0.05) is 55.1 Å². The molecule has 0 fully saturated rings. The van der Waals surface area contributed by atoms with Gasteiger partial charge in [0, 0.05) is 24.2 Å². The lowest BCUT2D eigenvalue weighted by molar-refractivity contribution is -0.117. The minimum Gasteiger partial charge on any atom is -0.508 e. The van der Waals surface area contributed by atoms with Crippen molar-refractivity contribution in [1.29, 1.82) is 0 Å². The summed E-state index contributed by atoms with van der Waals surface area (Å²) >= 11 is 0. The zero-order chi connectivity index (χ0) is 32.2. The smallest absolute Gasteiger partial charge is 0.224 e. The number of anilines is 2. The van der Waals surface area contributed by atoms with E-state index in [1.165, 1.54) is 0 Å². The van der Waals surface area contributed by atoms with Crippen LogP contribution >= 0.6 is 0 Å². The number of phenols is 1. The van der Waals surface area contributed by atoms with Crippen LogP contribution in [0.3, 0.4) is 0 Å². The maximum Gasteiger partial charge on any atom is 0.224 e. The Morgan fingerprint density at radius 3 is 1.80 bits per heavy atom. The van der Waals surface area contributed by atoms with E-state index in [0.29, 0.717) is 32.3 Å². The molecule has 2 amide bonds. The zero-order valence-electron chi connectivity index (χ0n) is 25.9. The second kappa shape index (κ2) is 16.0. The molecule has 0 aliphatic carbocycles. The van der Waals surface area contributed by atoms with Gasteiger partial charge in [0.25, 0.3) is 0 Å². The Bertz CT molecular complexity index is 1610. The Morgan fingerprint density at radius 1 is 0.689 bits per heavy atom. The van der Waals surface area contributed by atoms with Crippen LogP contribution in [-0.4, -0.2) is 23.5 Å². The summed E-state index contributed by atoms with van der Waals surface area (Å²) in [7, 11) is 0. The van der Waals surface area contributed by atoms with Gasteiger partial charge in [-0.3, -0.25) is 9.59 Å². The largest absolute Gasteiger partial charge is 0.508 e. The van der Waals surface area contributed by atoms with Gasteiger partial charge in [-0.15, -0.1) is 0 Å². The van der Waals surface area contributed by atoms with Crippen molar-refractivity contribution in [2.75, 3.05) is 17.2 Å². The Balaban J connectivity index is 0.000000155. The summed E-state index contributed by atoms with van der Waals surface area (Å²) in [4.78, 5) is 22.4. The van der Waals surface area contributed by atoms with Crippen LogP contribution in [0.1, 0.15) is 43.4 Å². The lowest BCUT2D eigenvalue weighted by Gasteiger charge is -2.18. The van der Waals surface area contributed by atoms with Crippen molar-refractivity contribution in [3.05, 3.63) is 132 Å². The molecule has 0 bridgehead atoms. The van der Waals surface area contributed by atoms with Crippen LogP contribution in [0.4, 0.5) is 11.4 Å². The monoisotopic (exact) mass is 604 g/mol. The standard InChI is InChI=1S/2C13H15NO2.C12H10O/c1-9(2)8-16-11-4-5-12-10(7-11)3-6-13(15)14-12;1-8(2)5-10-6-11-9(7-12(10)15)3-4-13(16)14-11;1-3-7-11(8-4-1)13-12-9-5-2-6-10-12/h4-5,7H,1,3,6,8H2,2H3,(H,14,15);6-7,15H,1,3-5H2,2H3,(H,14,16);1-10H. The lowest BCUT2D eigenvalue weighted by atomic mass is 9.97. The highest BCUT2D eigenvalue weighted by atomic mass is 16.5. The normalized spacial score (nSPS) is 12.8. The third-order valence-electron chi connectivity index (χ3n) is 6.87. The van der Waals surface area contributed by atoms with E-state index in [-0.39, 0.29) is 17.6 Å². The maximum atomic E-state index is 11.3. The molecular weight excluding hydrogens is 564 g/mol. The van der Waals surface area contributed by atoms with Crippen LogP contribution in [0.25, 0.3) is 0 Å². The average Bonchev–Trinajstić information content (AvgIpc) is 3.02. The van der Waals surface area contributed by atoms with Crippen molar-refractivity contribution in [3.63, 3.8) is 0 Å². The molecule has 0 unspecified atom stereocenters. The number of fused-ring (bicyclic) bond motifs is 2. The molecule has 6 rings (SSSR count). The number of phenolic OH excluding ortho intramolecular Hbond substituents is 1. The van der Waals surface area contributed by atoms with Gasteiger partial charge in [-0.25, -0.2) is 0 Å². The second-order valence-corrected chi connectivity index (χ2v) is 11.2.